The Labute approximate surface area is 202 Å². The standard InChI is InChI=1S/C27H35NO5S/c1-17(27-12-19-8-20(13-27)10-21(9-19)14-27)7-23(29)15-34(30,31)16-25-18(2)33-26(28-25)22-5-4-6-24(11-22)32-3/h4-6,11,17,19-21H,7-10,12-16H2,1-3H3. The molecule has 0 spiro atoms. The summed E-state index contributed by atoms with van der Waals surface area (Å²) in [5.41, 5.74) is 1.33. The van der Waals surface area contributed by atoms with Crippen LogP contribution < -0.4 is 4.74 Å². The molecule has 1 unspecified atom stereocenters. The summed E-state index contributed by atoms with van der Waals surface area (Å²) in [5.74, 6) is 3.30. The first-order valence-electron chi connectivity index (χ1n) is 12.5. The fraction of sp³-hybridized carbons (Fsp3) is 0.630. The molecular weight excluding hydrogens is 450 g/mol. The van der Waals surface area contributed by atoms with Gasteiger partial charge >= 0.3 is 0 Å². The summed E-state index contributed by atoms with van der Waals surface area (Å²) in [6.45, 7) is 3.89. The quantitative estimate of drug-likeness (QED) is 0.474. The lowest BCUT2D eigenvalue weighted by Gasteiger charge is -2.59. The van der Waals surface area contributed by atoms with Crippen molar-refractivity contribution < 1.29 is 22.4 Å². The number of aryl methyl sites for hydroxylation is 1. The maximum atomic E-state index is 12.9. The third kappa shape index (κ3) is 4.68. The van der Waals surface area contributed by atoms with Gasteiger partial charge in [0.1, 0.15) is 23.0 Å². The van der Waals surface area contributed by atoms with E-state index in [2.05, 4.69) is 11.9 Å². The number of oxazole rings is 1. The highest BCUT2D eigenvalue weighted by atomic mass is 32.2. The fourth-order valence-corrected chi connectivity index (χ4v) is 8.74. The number of aromatic nitrogens is 1. The second kappa shape index (κ2) is 8.81. The summed E-state index contributed by atoms with van der Waals surface area (Å²) in [6, 6.07) is 7.27. The van der Waals surface area contributed by atoms with E-state index in [4.69, 9.17) is 9.15 Å². The number of sulfone groups is 1. The van der Waals surface area contributed by atoms with Crippen molar-refractivity contribution in [1.82, 2.24) is 4.98 Å². The Kier molecular flexibility index (Phi) is 6.11. The van der Waals surface area contributed by atoms with Crippen LogP contribution >= 0.6 is 0 Å². The average Bonchev–Trinajstić information content (AvgIpc) is 3.11. The van der Waals surface area contributed by atoms with Gasteiger partial charge in [-0.15, -0.1) is 0 Å². The minimum Gasteiger partial charge on any atom is -0.497 e. The molecule has 2 aromatic rings. The van der Waals surface area contributed by atoms with Gasteiger partial charge in [-0.2, -0.15) is 0 Å². The molecule has 1 aromatic carbocycles. The van der Waals surface area contributed by atoms with Crippen molar-refractivity contribution in [2.45, 2.75) is 64.5 Å². The first kappa shape index (κ1) is 23.6. The average molecular weight is 486 g/mol. The first-order valence-corrected chi connectivity index (χ1v) is 14.3. The number of ether oxygens (including phenoxy) is 1. The van der Waals surface area contributed by atoms with Gasteiger partial charge in [-0.3, -0.25) is 4.79 Å². The van der Waals surface area contributed by atoms with Gasteiger partial charge in [-0.25, -0.2) is 13.4 Å². The molecule has 0 radical (unpaired) electrons. The molecule has 1 atom stereocenters. The minimum atomic E-state index is -3.64. The molecule has 7 heteroatoms. The molecule has 0 amide bonds. The Morgan fingerprint density at radius 2 is 1.82 bits per heavy atom. The van der Waals surface area contributed by atoms with Crippen molar-refractivity contribution in [2.75, 3.05) is 12.9 Å². The fourth-order valence-electron chi connectivity index (χ4n) is 7.34. The summed E-state index contributed by atoms with van der Waals surface area (Å²) >= 11 is 0. The van der Waals surface area contributed by atoms with Gasteiger partial charge in [0.2, 0.25) is 5.89 Å². The number of rotatable bonds is 9. The minimum absolute atomic E-state index is 0.169. The Morgan fingerprint density at radius 1 is 1.18 bits per heavy atom. The second-order valence-corrected chi connectivity index (χ2v) is 13.3. The number of ketones is 1. The van der Waals surface area contributed by atoms with Crippen LogP contribution in [0.4, 0.5) is 0 Å². The molecule has 1 aromatic heterocycles. The molecule has 6 nitrogen and oxygen atoms in total. The zero-order valence-electron chi connectivity index (χ0n) is 20.4. The Balaban J connectivity index is 1.23. The lowest BCUT2D eigenvalue weighted by atomic mass is 9.46. The lowest BCUT2D eigenvalue weighted by molar-refractivity contribution is -0.123. The van der Waals surface area contributed by atoms with E-state index >= 15 is 0 Å². The van der Waals surface area contributed by atoms with E-state index in [0.717, 1.165) is 17.8 Å². The second-order valence-electron chi connectivity index (χ2n) is 11.2. The zero-order valence-corrected chi connectivity index (χ0v) is 21.2. The molecule has 184 valence electrons. The topological polar surface area (TPSA) is 86.5 Å². The Hall–Kier alpha value is -2.15. The number of carbonyl (C=O) groups is 1. The molecule has 4 aliphatic rings. The van der Waals surface area contributed by atoms with Crippen molar-refractivity contribution in [3.63, 3.8) is 0 Å². The third-order valence-electron chi connectivity index (χ3n) is 8.61. The highest BCUT2D eigenvalue weighted by Gasteiger charge is 2.53. The van der Waals surface area contributed by atoms with E-state index < -0.39 is 15.6 Å². The summed E-state index contributed by atoms with van der Waals surface area (Å²) in [4.78, 5) is 17.3. The summed E-state index contributed by atoms with van der Waals surface area (Å²) < 4.78 is 36.8. The van der Waals surface area contributed by atoms with Crippen molar-refractivity contribution in [3.05, 3.63) is 35.7 Å². The van der Waals surface area contributed by atoms with Crippen molar-refractivity contribution in [1.29, 1.82) is 0 Å². The highest BCUT2D eigenvalue weighted by molar-refractivity contribution is 7.91. The number of methoxy groups -OCH3 is 1. The van der Waals surface area contributed by atoms with Gasteiger partial charge in [0.05, 0.1) is 18.6 Å². The Morgan fingerprint density at radius 3 is 2.44 bits per heavy atom. The van der Waals surface area contributed by atoms with Crippen LogP contribution in [0.1, 0.15) is 63.3 Å². The zero-order chi connectivity index (χ0) is 24.1. The number of nitrogens with zero attached hydrogens (tertiary/aromatic N) is 1. The van der Waals surface area contributed by atoms with Gasteiger partial charge < -0.3 is 9.15 Å². The van der Waals surface area contributed by atoms with E-state index in [1.165, 1.54) is 38.5 Å². The van der Waals surface area contributed by atoms with E-state index in [-0.39, 0.29) is 22.9 Å². The maximum absolute atomic E-state index is 12.9. The van der Waals surface area contributed by atoms with Gasteiger partial charge in [0.15, 0.2) is 9.84 Å². The monoisotopic (exact) mass is 485 g/mol. The predicted octanol–water partition coefficient (Wildman–Crippen LogP) is 5.39. The molecule has 4 aliphatic carbocycles. The van der Waals surface area contributed by atoms with Crippen LogP contribution in [0, 0.1) is 36.0 Å². The molecule has 0 saturated heterocycles. The molecule has 34 heavy (non-hydrogen) atoms. The van der Waals surface area contributed by atoms with Crippen LogP contribution in [-0.4, -0.2) is 32.0 Å². The number of hydrogen-bond donors (Lipinski definition) is 0. The largest absolute Gasteiger partial charge is 0.497 e. The molecule has 4 fully saturated rings. The van der Waals surface area contributed by atoms with Crippen LogP contribution in [-0.2, 0) is 20.4 Å². The van der Waals surface area contributed by atoms with Crippen molar-refractivity contribution in [2.24, 2.45) is 29.1 Å². The van der Waals surface area contributed by atoms with Gasteiger partial charge in [-0.1, -0.05) is 13.0 Å². The van der Waals surface area contributed by atoms with E-state index in [1.54, 1.807) is 20.1 Å². The predicted molar refractivity (Wildman–Crippen MR) is 130 cm³/mol. The number of benzene rings is 1. The lowest BCUT2D eigenvalue weighted by Crippen LogP contribution is -2.49. The molecule has 0 aliphatic heterocycles. The van der Waals surface area contributed by atoms with Crippen LogP contribution in [0.3, 0.4) is 0 Å². The van der Waals surface area contributed by atoms with Crippen LogP contribution in [0.2, 0.25) is 0 Å². The molecule has 1 heterocycles. The SMILES string of the molecule is COc1cccc(-c2nc(CS(=O)(=O)CC(=O)CC(C)C34CC5CC(CC(C5)C3)C4)c(C)o2)c1. The highest BCUT2D eigenvalue weighted by Crippen LogP contribution is 2.63. The van der Waals surface area contributed by atoms with Gasteiger partial charge in [-0.05, 0) is 92.7 Å². The smallest absolute Gasteiger partial charge is 0.226 e. The normalized spacial score (nSPS) is 28.7. The van der Waals surface area contributed by atoms with Crippen LogP contribution in [0.5, 0.6) is 5.75 Å². The molecule has 4 saturated carbocycles. The number of hydrogen-bond acceptors (Lipinski definition) is 6. The van der Waals surface area contributed by atoms with Crippen LogP contribution in [0.15, 0.2) is 28.7 Å². The number of Topliss-reactive ketones (excluding diaryl/α,β-unsaturated/α-hetero) is 1. The van der Waals surface area contributed by atoms with Gasteiger partial charge in [0.25, 0.3) is 0 Å². The molecular formula is C27H35NO5S. The summed E-state index contributed by atoms with van der Waals surface area (Å²) in [7, 11) is -2.05. The first-order chi connectivity index (χ1) is 16.1. The van der Waals surface area contributed by atoms with E-state index in [9.17, 15) is 13.2 Å². The molecule has 4 bridgehead atoms. The summed E-state index contributed by atoms with van der Waals surface area (Å²) in [6.07, 6.45) is 8.13. The Bertz CT molecular complexity index is 1150. The molecule has 0 N–H and O–H groups in total. The molecule has 6 rings (SSSR count). The summed E-state index contributed by atoms with van der Waals surface area (Å²) in [5, 5.41) is 0. The van der Waals surface area contributed by atoms with Crippen molar-refractivity contribution in [3.8, 4) is 17.2 Å². The van der Waals surface area contributed by atoms with Crippen molar-refractivity contribution >= 4 is 15.6 Å². The maximum Gasteiger partial charge on any atom is 0.226 e. The van der Waals surface area contributed by atoms with Gasteiger partial charge in [0, 0.05) is 12.0 Å². The van der Waals surface area contributed by atoms with Crippen LogP contribution in [0.25, 0.3) is 11.5 Å². The van der Waals surface area contributed by atoms with E-state index in [0.29, 0.717) is 35.1 Å². The van der Waals surface area contributed by atoms with E-state index in [1.807, 2.05) is 18.2 Å². The number of carbonyl (C=O) groups excluding carboxylic acids is 1. The third-order valence-corrected chi connectivity index (χ3v) is 10.1.